The standard InChI is InChI=1S/C8H7Cl2FN2O3/c1-2(8(14)15)16-7-4(10)5(12)3(9)6(11)13-7/h2H,1H3,(H2,12,13)(H,14,15). The number of carboxylic acids is 1. The Hall–Kier alpha value is -1.27. The zero-order chi connectivity index (χ0) is 12.5. The fourth-order valence-corrected chi connectivity index (χ4v) is 1.17. The Morgan fingerprint density at radius 1 is 1.56 bits per heavy atom. The summed E-state index contributed by atoms with van der Waals surface area (Å²) in [4.78, 5) is 13.8. The molecule has 0 amide bonds. The predicted molar refractivity (Wildman–Crippen MR) is 56.4 cm³/mol. The van der Waals surface area contributed by atoms with Gasteiger partial charge in [-0.3, -0.25) is 0 Å². The SMILES string of the molecule is CC(Oc1nc(F)c(Cl)c(N)c1Cl)C(=O)O. The number of ether oxygens (including phenoxy) is 1. The summed E-state index contributed by atoms with van der Waals surface area (Å²) in [5.74, 6) is -2.72. The fourth-order valence-electron chi connectivity index (χ4n) is 0.806. The number of hydrogen-bond acceptors (Lipinski definition) is 4. The Balaban J connectivity index is 3.11. The first-order chi connectivity index (χ1) is 7.34. The van der Waals surface area contributed by atoms with E-state index in [0.717, 1.165) is 0 Å². The molecule has 0 fully saturated rings. The van der Waals surface area contributed by atoms with Gasteiger partial charge in [-0.2, -0.15) is 9.37 Å². The molecule has 1 aromatic heterocycles. The highest BCUT2D eigenvalue weighted by molar-refractivity contribution is 6.39. The van der Waals surface area contributed by atoms with Crippen molar-refractivity contribution in [2.45, 2.75) is 13.0 Å². The number of halogens is 3. The van der Waals surface area contributed by atoms with Crippen LogP contribution in [0.15, 0.2) is 0 Å². The van der Waals surface area contributed by atoms with Crippen LogP contribution in [0.3, 0.4) is 0 Å². The highest BCUT2D eigenvalue weighted by Gasteiger charge is 2.20. The van der Waals surface area contributed by atoms with Crippen molar-refractivity contribution < 1.29 is 19.0 Å². The molecular weight excluding hydrogens is 262 g/mol. The van der Waals surface area contributed by atoms with E-state index in [0.29, 0.717) is 0 Å². The van der Waals surface area contributed by atoms with Gasteiger partial charge >= 0.3 is 5.97 Å². The zero-order valence-corrected chi connectivity index (χ0v) is 9.51. The Bertz CT molecular complexity index is 442. The van der Waals surface area contributed by atoms with Crippen molar-refractivity contribution in [2.75, 3.05) is 5.73 Å². The van der Waals surface area contributed by atoms with Crippen LogP contribution in [0.2, 0.25) is 10.0 Å². The molecule has 8 heteroatoms. The Morgan fingerprint density at radius 2 is 2.12 bits per heavy atom. The van der Waals surface area contributed by atoms with Gasteiger partial charge in [0.1, 0.15) is 10.0 Å². The number of hydrogen-bond donors (Lipinski definition) is 2. The van der Waals surface area contributed by atoms with Crippen molar-refractivity contribution in [3.63, 3.8) is 0 Å². The molecule has 3 N–H and O–H groups in total. The minimum Gasteiger partial charge on any atom is -0.479 e. The molecule has 0 bridgehead atoms. The lowest BCUT2D eigenvalue weighted by molar-refractivity contribution is -0.144. The van der Waals surface area contributed by atoms with E-state index in [1.165, 1.54) is 6.92 Å². The summed E-state index contributed by atoms with van der Waals surface area (Å²) >= 11 is 11.1. The van der Waals surface area contributed by atoms with Gasteiger partial charge in [0.25, 0.3) is 0 Å². The van der Waals surface area contributed by atoms with E-state index in [9.17, 15) is 9.18 Å². The molecule has 0 saturated carbocycles. The van der Waals surface area contributed by atoms with Gasteiger partial charge in [-0.15, -0.1) is 0 Å². The van der Waals surface area contributed by atoms with E-state index in [-0.39, 0.29) is 10.7 Å². The van der Waals surface area contributed by atoms with Crippen LogP contribution in [0.25, 0.3) is 0 Å². The first-order valence-electron chi connectivity index (χ1n) is 4.04. The number of nitrogens with zero attached hydrogens (tertiary/aromatic N) is 1. The quantitative estimate of drug-likeness (QED) is 0.819. The van der Waals surface area contributed by atoms with E-state index in [1.54, 1.807) is 0 Å². The maximum Gasteiger partial charge on any atom is 0.344 e. The summed E-state index contributed by atoms with van der Waals surface area (Å²) in [5.41, 5.74) is 5.12. The maximum absolute atomic E-state index is 13.1. The minimum absolute atomic E-state index is 0.223. The molecule has 0 aliphatic heterocycles. The summed E-state index contributed by atoms with van der Waals surface area (Å²) in [6.07, 6.45) is -1.23. The van der Waals surface area contributed by atoms with E-state index < -0.39 is 28.9 Å². The lowest BCUT2D eigenvalue weighted by atomic mass is 10.4. The number of nitrogen functional groups attached to an aromatic ring is 1. The van der Waals surface area contributed by atoms with Gasteiger partial charge in [0, 0.05) is 0 Å². The number of aliphatic carboxylic acids is 1. The third-order valence-corrected chi connectivity index (χ3v) is 2.40. The summed E-state index contributed by atoms with van der Waals surface area (Å²) < 4.78 is 17.9. The maximum atomic E-state index is 13.1. The molecule has 0 radical (unpaired) electrons. The number of pyridine rings is 1. The normalized spacial score (nSPS) is 12.2. The number of carbonyl (C=O) groups is 1. The number of rotatable bonds is 3. The second-order valence-electron chi connectivity index (χ2n) is 2.85. The Morgan fingerprint density at radius 3 is 2.62 bits per heavy atom. The minimum atomic E-state index is -1.24. The zero-order valence-electron chi connectivity index (χ0n) is 8.00. The topological polar surface area (TPSA) is 85.4 Å². The van der Waals surface area contributed by atoms with Crippen LogP contribution < -0.4 is 10.5 Å². The second kappa shape index (κ2) is 4.71. The van der Waals surface area contributed by atoms with Gasteiger partial charge in [-0.1, -0.05) is 23.2 Å². The van der Waals surface area contributed by atoms with Gasteiger partial charge in [-0.05, 0) is 6.92 Å². The van der Waals surface area contributed by atoms with Crippen molar-refractivity contribution in [3.8, 4) is 5.88 Å². The highest BCUT2D eigenvalue weighted by Crippen LogP contribution is 2.35. The van der Waals surface area contributed by atoms with Crippen molar-refractivity contribution in [2.24, 2.45) is 0 Å². The van der Waals surface area contributed by atoms with Crippen molar-refractivity contribution in [1.82, 2.24) is 4.98 Å². The lowest BCUT2D eigenvalue weighted by Gasteiger charge is -2.12. The first kappa shape index (κ1) is 12.8. The van der Waals surface area contributed by atoms with Crippen LogP contribution in [-0.4, -0.2) is 22.2 Å². The van der Waals surface area contributed by atoms with Crippen molar-refractivity contribution >= 4 is 34.9 Å². The number of aromatic nitrogens is 1. The van der Waals surface area contributed by atoms with Crippen LogP contribution in [0.1, 0.15) is 6.92 Å². The second-order valence-corrected chi connectivity index (χ2v) is 3.60. The van der Waals surface area contributed by atoms with Crippen molar-refractivity contribution in [3.05, 3.63) is 16.0 Å². The Labute approximate surface area is 99.9 Å². The predicted octanol–water partition coefficient (Wildman–Crippen LogP) is 1.96. The number of nitrogens with two attached hydrogens (primary N) is 1. The molecule has 0 saturated heterocycles. The van der Waals surface area contributed by atoms with Gasteiger partial charge in [0.05, 0.1) is 5.69 Å². The molecule has 5 nitrogen and oxygen atoms in total. The first-order valence-corrected chi connectivity index (χ1v) is 4.79. The highest BCUT2D eigenvalue weighted by atomic mass is 35.5. The third kappa shape index (κ3) is 2.45. The molecule has 1 heterocycles. The summed E-state index contributed by atoms with van der Waals surface area (Å²) in [6.45, 7) is 1.24. The van der Waals surface area contributed by atoms with Crippen LogP contribution in [-0.2, 0) is 4.79 Å². The van der Waals surface area contributed by atoms with E-state index in [1.807, 2.05) is 0 Å². The molecule has 0 aliphatic rings. The van der Waals surface area contributed by atoms with Crippen LogP contribution >= 0.6 is 23.2 Å². The van der Waals surface area contributed by atoms with Crippen LogP contribution in [0.5, 0.6) is 5.88 Å². The van der Waals surface area contributed by atoms with Gasteiger partial charge in [-0.25, -0.2) is 4.79 Å². The van der Waals surface area contributed by atoms with E-state index >= 15 is 0 Å². The molecule has 0 aromatic carbocycles. The monoisotopic (exact) mass is 268 g/mol. The van der Waals surface area contributed by atoms with E-state index in [2.05, 4.69) is 4.98 Å². The fraction of sp³-hybridized carbons (Fsp3) is 0.250. The summed E-state index contributed by atoms with van der Waals surface area (Å²) in [6, 6.07) is 0. The largest absolute Gasteiger partial charge is 0.479 e. The van der Waals surface area contributed by atoms with Gasteiger partial charge in [0.2, 0.25) is 11.8 Å². The molecule has 88 valence electrons. The average molecular weight is 269 g/mol. The molecule has 1 atom stereocenters. The van der Waals surface area contributed by atoms with Crippen LogP contribution in [0.4, 0.5) is 10.1 Å². The molecule has 1 rings (SSSR count). The molecule has 1 unspecified atom stereocenters. The number of carboxylic acid groups (broad SMARTS) is 1. The van der Waals surface area contributed by atoms with E-state index in [4.69, 9.17) is 38.8 Å². The van der Waals surface area contributed by atoms with Gasteiger partial charge < -0.3 is 15.6 Å². The smallest absolute Gasteiger partial charge is 0.344 e. The summed E-state index contributed by atoms with van der Waals surface area (Å²) in [7, 11) is 0. The molecule has 1 aromatic rings. The van der Waals surface area contributed by atoms with Crippen molar-refractivity contribution in [1.29, 1.82) is 0 Å². The molecule has 0 spiro atoms. The van der Waals surface area contributed by atoms with Gasteiger partial charge in [0.15, 0.2) is 6.10 Å². The average Bonchev–Trinajstić information content (AvgIpc) is 2.22. The number of anilines is 1. The Kier molecular flexibility index (Phi) is 3.77. The lowest BCUT2D eigenvalue weighted by Crippen LogP contribution is -2.23. The summed E-state index contributed by atoms with van der Waals surface area (Å²) in [5, 5.41) is 7.93. The molecule has 0 aliphatic carbocycles. The molecule has 16 heavy (non-hydrogen) atoms. The van der Waals surface area contributed by atoms with Crippen LogP contribution in [0, 0.1) is 5.95 Å². The third-order valence-electron chi connectivity index (χ3n) is 1.68. The molecular formula is C8H7Cl2FN2O3.